The van der Waals surface area contributed by atoms with Crippen molar-refractivity contribution in [2.24, 2.45) is 0 Å². The molecule has 1 aromatic heterocycles. The summed E-state index contributed by atoms with van der Waals surface area (Å²) in [6, 6.07) is 7.97. The fourth-order valence-electron chi connectivity index (χ4n) is 3.30. The van der Waals surface area contributed by atoms with Gasteiger partial charge in [-0.15, -0.1) is 0 Å². The summed E-state index contributed by atoms with van der Waals surface area (Å²) < 4.78 is 32.8. The van der Waals surface area contributed by atoms with Crippen molar-refractivity contribution in [3.63, 3.8) is 0 Å². The lowest BCUT2D eigenvalue weighted by Crippen LogP contribution is -2.30. The highest BCUT2D eigenvalue weighted by Crippen LogP contribution is 2.24. The lowest BCUT2D eigenvalue weighted by Gasteiger charge is -2.22. The van der Waals surface area contributed by atoms with Gasteiger partial charge in [0.2, 0.25) is 0 Å². The molecule has 3 N–H and O–H groups in total. The van der Waals surface area contributed by atoms with Crippen LogP contribution in [0.5, 0.6) is 0 Å². The lowest BCUT2D eigenvalue weighted by atomic mass is 9.95. The van der Waals surface area contributed by atoms with Gasteiger partial charge in [-0.3, -0.25) is 9.52 Å². The molecule has 1 atom stereocenters. The molecule has 1 aliphatic heterocycles. The average Bonchev–Trinajstić information content (AvgIpc) is 2.68. The minimum absolute atomic E-state index is 0.0678. The van der Waals surface area contributed by atoms with E-state index in [2.05, 4.69) is 15.4 Å². The molecule has 162 valence electrons. The van der Waals surface area contributed by atoms with E-state index in [1.54, 1.807) is 31.2 Å². The molecule has 2 heterocycles. The van der Waals surface area contributed by atoms with Gasteiger partial charge in [-0.1, -0.05) is 6.07 Å². The van der Waals surface area contributed by atoms with Crippen LogP contribution in [-0.2, 0) is 10.2 Å². The van der Waals surface area contributed by atoms with Gasteiger partial charge in [-0.05, 0) is 56.1 Å². The van der Waals surface area contributed by atoms with Gasteiger partial charge in [0.1, 0.15) is 11.3 Å². The molecule has 0 aliphatic carbocycles. The number of carbonyl (C=O) groups is 1. The van der Waals surface area contributed by atoms with Crippen LogP contribution in [0, 0.1) is 6.92 Å². The molecule has 0 saturated carbocycles. The third kappa shape index (κ3) is 5.07. The van der Waals surface area contributed by atoms with Gasteiger partial charge in [0.05, 0.1) is 5.69 Å². The topological polar surface area (TPSA) is 121 Å². The molecule has 0 spiro atoms. The van der Waals surface area contributed by atoms with Crippen LogP contribution in [0.25, 0.3) is 0 Å². The van der Waals surface area contributed by atoms with E-state index in [0.29, 0.717) is 17.0 Å². The predicted octanol–water partition coefficient (Wildman–Crippen LogP) is 1.89. The standard InChI is InChI=1S/C20H26N4O5S/c1-13-10-17(14-6-5-9-21-12-14)29-20(26)18(13)19(25)22-15-7-4-8-16(11-15)23-30(27,28)24(2)3/h4,7-8,10-11,14,21,23H,5-6,9,12H2,1-3H3,(H,22,25). The summed E-state index contributed by atoms with van der Waals surface area (Å²) in [7, 11) is -0.866. The predicted molar refractivity (Wildman–Crippen MR) is 115 cm³/mol. The Morgan fingerprint density at radius 1 is 1.23 bits per heavy atom. The van der Waals surface area contributed by atoms with Crippen LogP contribution in [0.1, 0.15) is 40.4 Å². The third-order valence-corrected chi connectivity index (χ3v) is 6.40. The summed E-state index contributed by atoms with van der Waals surface area (Å²) >= 11 is 0. The quantitative estimate of drug-likeness (QED) is 0.638. The Bertz CT molecular complexity index is 1090. The van der Waals surface area contributed by atoms with Crippen molar-refractivity contribution in [1.29, 1.82) is 0 Å². The molecule has 3 rings (SSSR count). The second kappa shape index (κ2) is 8.99. The van der Waals surface area contributed by atoms with Gasteiger partial charge in [0.25, 0.3) is 5.91 Å². The van der Waals surface area contributed by atoms with Crippen LogP contribution in [0.2, 0.25) is 0 Å². The number of anilines is 2. The Hall–Kier alpha value is -2.69. The summed E-state index contributed by atoms with van der Waals surface area (Å²) in [5, 5.41) is 5.91. The molecule has 2 aromatic rings. The van der Waals surface area contributed by atoms with Gasteiger partial charge in [-0.25, -0.2) is 4.79 Å². The molecule has 1 amide bonds. The zero-order chi connectivity index (χ0) is 21.9. The Balaban J connectivity index is 1.79. The average molecular weight is 435 g/mol. The van der Waals surface area contributed by atoms with E-state index in [4.69, 9.17) is 4.42 Å². The second-order valence-electron chi connectivity index (χ2n) is 7.46. The minimum Gasteiger partial charge on any atom is -0.427 e. The molecule has 9 nitrogen and oxygen atoms in total. The summed E-state index contributed by atoms with van der Waals surface area (Å²) in [6.07, 6.45) is 1.93. The lowest BCUT2D eigenvalue weighted by molar-refractivity contribution is 0.102. The smallest absolute Gasteiger partial charge is 0.349 e. The van der Waals surface area contributed by atoms with Crippen LogP contribution < -0.4 is 21.0 Å². The SMILES string of the molecule is Cc1cc(C2CCCNC2)oc(=O)c1C(=O)Nc1cccc(NS(=O)(=O)N(C)C)c1. The number of amides is 1. The molecule has 1 saturated heterocycles. The maximum absolute atomic E-state index is 12.7. The number of rotatable bonds is 6. The molecular weight excluding hydrogens is 408 g/mol. The molecule has 0 bridgehead atoms. The van der Waals surface area contributed by atoms with Gasteiger partial charge < -0.3 is 15.1 Å². The Morgan fingerprint density at radius 2 is 1.97 bits per heavy atom. The molecule has 1 aliphatic rings. The number of hydrogen-bond donors (Lipinski definition) is 3. The molecule has 1 fully saturated rings. The Kier molecular flexibility index (Phi) is 6.59. The number of nitrogens with zero attached hydrogens (tertiary/aromatic N) is 1. The highest BCUT2D eigenvalue weighted by atomic mass is 32.2. The Morgan fingerprint density at radius 3 is 2.60 bits per heavy atom. The van der Waals surface area contributed by atoms with E-state index >= 15 is 0 Å². The highest BCUT2D eigenvalue weighted by molar-refractivity contribution is 7.90. The van der Waals surface area contributed by atoms with Crippen LogP contribution in [-0.4, -0.2) is 45.8 Å². The van der Waals surface area contributed by atoms with Crippen molar-refractivity contribution in [1.82, 2.24) is 9.62 Å². The van der Waals surface area contributed by atoms with E-state index in [1.165, 1.54) is 20.2 Å². The summed E-state index contributed by atoms with van der Waals surface area (Å²) in [4.78, 5) is 25.2. The summed E-state index contributed by atoms with van der Waals surface area (Å²) in [5.41, 5.74) is 0.414. The van der Waals surface area contributed by atoms with Gasteiger partial charge in [0, 0.05) is 32.2 Å². The first-order valence-electron chi connectivity index (χ1n) is 9.64. The van der Waals surface area contributed by atoms with Crippen molar-refractivity contribution in [3.05, 3.63) is 57.6 Å². The van der Waals surface area contributed by atoms with E-state index in [-0.39, 0.29) is 17.2 Å². The molecule has 0 radical (unpaired) electrons. The molecule has 10 heteroatoms. The molecule has 1 unspecified atom stereocenters. The monoisotopic (exact) mass is 434 g/mol. The molecule has 30 heavy (non-hydrogen) atoms. The van der Waals surface area contributed by atoms with Crippen LogP contribution in [0.15, 0.2) is 39.5 Å². The number of piperidine rings is 1. The van der Waals surface area contributed by atoms with Crippen LogP contribution >= 0.6 is 0 Å². The number of carbonyl (C=O) groups excluding carboxylic acids is 1. The van der Waals surface area contributed by atoms with Gasteiger partial charge in [-0.2, -0.15) is 12.7 Å². The van der Waals surface area contributed by atoms with E-state index in [1.807, 2.05) is 0 Å². The minimum atomic E-state index is -3.68. The third-order valence-electron chi connectivity index (χ3n) is 4.94. The van der Waals surface area contributed by atoms with Crippen molar-refractivity contribution >= 4 is 27.5 Å². The number of benzene rings is 1. The second-order valence-corrected chi connectivity index (χ2v) is 9.35. The largest absolute Gasteiger partial charge is 0.427 e. The van der Waals surface area contributed by atoms with Crippen LogP contribution in [0.4, 0.5) is 11.4 Å². The van der Waals surface area contributed by atoms with E-state index in [0.717, 1.165) is 30.2 Å². The van der Waals surface area contributed by atoms with E-state index in [9.17, 15) is 18.0 Å². The highest BCUT2D eigenvalue weighted by Gasteiger charge is 2.22. The first-order valence-corrected chi connectivity index (χ1v) is 11.1. The summed E-state index contributed by atoms with van der Waals surface area (Å²) in [5.74, 6) is 0.0900. The number of nitrogens with one attached hydrogen (secondary N) is 3. The zero-order valence-corrected chi connectivity index (χ0v) is 18.0. The van der Waals surface area contributed by atoms with Gasteiger partial charge >= 0.3 is 15.8 Å². The molecular formula is C20H26N4O5S. The Labute approximate surface area is 175 Å². The maximum atomic E-state index is 12.7. The fraction of sp³-hybridized carbons (Fsp3) is 0.400. The fourth-order valence-corrected chi connectivity index (χ4v) is 3.90. The van der Waals surface area contributed by atoms with Crippen LogP contribution in [0.3, 0.4) is 0 Å². The first kappa shape index (κ1) is 22.0. The van der Waals surface area contributed by atoms with E-state index < -0.39 is 21.7 Å². The first-order chi connectivity index (χ1) is 14.2. The van der Waals surface area contributed by atoms with Crippen molar-refractivity contribution in [2.45, 2.75) is 25.7 Å². The van der Waals surface area contributed by atoms with Crippen molar-refractivity contribution in [2.75, 3.05) is 37.2 Å². The van der Waals surface area contributed by atoms with Gasteiger partial charge in [0.15, 0.2) is 0 Å². The van der Waals surface area contributed by atoms with Crippen molar-refractivity contribution < 1.29 is 17.6 Å². The summed E-state index contributed by atoms with van der Waals surface area (Å²) in [6.45, 7) is 3.39. The number of hydrogen-bond acceptors (Lipinski definition) is 6. The molecule has 1 aromatic carbocycles. The maximum Gasteiger partial charge on any atom is 0.349 e. The van der Waals surface area contributed by atoms with Crippen molar-refractivity contribution in [3.8, 4) is 0 Å². The zero-order valence-electron chi connectivity index (χ0n) is 17.2. The number of aryl methyl sites for hydroxylation is 1. The normalized spacial score (nSPS) is 17.0.